The number of ether oxygens (including phenoxy) is 3. The second kappa shape index (κ2) is 11.5. The van der Waals surface area contributed by atoms with Gasteiger partial charge in [-0.05, 0) is 129 Å². The van der Waals surface area contributed by atoms with Crippen LogP contribution in [0, 0.1) is 34.4 Å². The van der Waals surface area contributed by atoms with Crippen LogP contribution in [-0.2, 0) is 29.2 Å². The van der Waals surface area contributed by atoms with Crippen molar-refractivity contribution in [3.05, 3.63) is 52.2 Å². The van der Waals surface area contributed by atoms with Crippen LogP contribution >= 0.6 is 67.8 Å². The first-order valence-electron chi connectivity index (χ1n) is 13.3. The Morgan fingerprint density at radius 2 is 1.66 bits per heavy atom. The summed E-state index contributed by atoms with van der Waals surface area (Å²) in [5, 5.41) is 0. The normalized spacial score (nSPS) is 28.9. The zero-order valence-electron chi connectivity index (χ0n) is 21.4. The molecule has 1 N–H and O–H groups in total. The molecule has 13 heteroatoms. The molecular weight excluding hydrogens is 893 g/mol. The van der Waals surface area contributed by atoms with Crippen LogP contribution in [-0.4, -0.2) is 43.1 Å². The van der Waals surface area contributed by atoms with Gasteiger partial charge in [0.15, 0.2) is 0 Å². The zero-order chi connectivity index (χ0) is 29.2. The number of hydrogen-bond donors (Lipinski definition) is 1. The van der Waals surface area contributed by atoms with Crippen LogP contribution in [0.3, 0.4) is 0 Å². The molecular formula is C28H25I3O9S. The van der Waals surface area contributed by atoms with Crippen LogP contribution in [0.5, 0.6) is 5.75 Å². The van der Waals surface area contributed by atoms with E-state index in [2.05, 4.69) is 67.8 Å². The first kappa shape index (κ1) is 30.0. The largest absolute Gasteiger partial charge is 0.458 e. The van der Waals surface area contributed by atoms with Crippen molar-refractivity contribution in [2.75, 3.05) is 0 Å². The SMILES string of the molecule is O=C(OC1C2CC3C1OC(=O)C3C2C(=O)Oc1ccc(S(=O)(=O)O)c(C2CCCCC2)c1)c1cc(I)c(I)cc1I. The van der Waals surface area contributed by atoms with E-state index in [0.29, 0.717) is 17.5 Å². The summed E-state index contributed by atoms with van der Waals surface area (Å²) in [6.07, 6.45) is 3.60. The molecule has 2 aromatic carbocycles. The van der Waals surface area contributed by atoms with Gasteiger partial charge in [-0.25, -0.2) is 4.79 Å². The van der Waals surface area contributed by atoms with E-state index in [9.17, 15) is 27.4 Å². The fourth-order valence-corrected chi connectivity index (χ4v) is 10.1. The molecule has 2 aromatic rings. The Labute approximate surface area is 278 Å². The third-order valence-corrected chi connectivity index (χ3v) is 13.5. The molecule has 2 bridgehead atoms. The van der Waals surface area contributed by atoms with E-state index in [1.807, 2.05) is 6.07 Å². The summed E-state index contributed by atoms with van der Waals surface area (Å²) in [7, 11) is -4.47. The second-order valence-electron chi connectivity index (χ2n) is 11.1. The van der Waals surface area contributed by atoms with Crippen molar-refractivity contribution in [1.82, 2.24) is 0 Å². The molecule has 0 spiro atoms. The van der Waals surface area contributed by atoms with Crippen molar-refractivity contribution >= 4 is 95.8 Å². The number of carbonyl (C=O) groups is 3. The van der Waals surface area contributed by atoms with E-state index in [-0.39, 0.29) is 22.5 Å². The predicted octanol–water partition coefficient (Wildman–Crippen LogP) is 5.73. The molecule has 0 radical (unpaired) electrons. The number of esters is 3. The summed E-state index contributed by atoms with van der Waals surface area (Å²) in [4.78, 5) is 39.5. The van der Waals surface area contributed by atoms with Gasteiger partial charge in [0, 0.05) is 22.5 Å². The van der Waals surface area contributed by atoms with Gasteiger partial charge in [-0.3, -0.25) is 14.1 Å². The molecule has 6 unspecified atom stereocenters. The quantitative estimate of drug-likeness (QED) is 0.127. The Morgan fingerprint density at radius 3 is 2.37 bits per heavy atom. The molecule has 41 heavy (non-hydrogen) atoms. The number of fused-ring (bicyclic) bond motifs is 1. The number of halogens is 3. The van der Waals surface area contributed by atoms with E-state index in [1.165, 1.54) is 18.2 Å². The van der Waals surface area contributed by atoms with Gasteiger partial charge in [0.2, 0.25) is 0 Å². The molecule has 3 saturated carbocycles. The van der Waals surface area contributed by atoms with Gasteiger partial charge < -0.3 is 14.2 Å². The lowest BCUT2D eigenvalue weighted by molar-refractivity contribution is -0.149. The Balaban J connectivity index is 1.25. The minimum Gasteiger partial charge on any atom is -0.458 e. The molecule has 218 valence electrons. The maximum atomic E-state index is 13.6. The highest BCUT2D eigenvalue weighted by atomic mass is 127. The Hall–Kier alpha value is -1.05. The van der Waals surface area contributed by atoms with Crippen LogP contribution in [0.4, 0.5) is 0 Å². The van der Waals surface area contributed by atoms with Gasteiger partial charge in [0.05, 0.1) is 22.3 Å². The van der Waals surface area contributed by atoms with Gasteiger partial charge in [-0.2, -0.15) is 8.42 Å². The van der Waals surface area contributed by atoms with Crippen LogP contribution in [0.2, 0.25) is 0 Å². The van der Waals surface area contributed by atoms with E-state index in [1.54, 1.807) is 6.07 Å². The molecule has 4 fully saturated rings. The Bertz CT molecular complexity index is 1550. The lowest BCUT2D eigenvalue weighted by Crippen LogP contribution is -2.44. The minimum absolute atomic E-state index is 0.0803. The molecule has 3 aliphatic carbocycles. The number of benzene rings is 2. The molecule has 0 aromatic heterocycles. The number of rotatable bonds is 6. The fraction of sp³-hybridized carbons (Fsp3) is 0.464. The van der Waals surface area contributed by atoms with Crippen molar-refractivity contribution in [2.24, 2.45) is 23.7 Å². The van der Waals surface area contributed by atoms with Crippen LogP contribution in [0.15, 0.2) is 35.2 Å². The average molecular weight is 918 g/mol. The van der Waals surface area contributed by atoms with Crippen LogP contribution in [0.25, 0.3) is 0 Å². The minimum atomic E-state index is -4.47. The predicted molar refractivity (Wildman–Crippen MR) is 170 cm³/mol. The van der Waals surface area contributed by atoms with E-state index < -0.39 is 58.0 Å². The van der Waals surface area contributed by atoms with Gasteiger partial charge in [-0.1, -0.05) is 19.3 Å². The van der Waals surface area contributed by atoms with Crippen molar-refractivity contribution < 1.29 is 41.6 Å². The molecule has 6 atom stereocenters. The van der Waals surface area contributed by atoms with E-state index in [0.717, 1.165) is 42.8 Å². The van der Waals surface area contributed by atoms with Gasteiger partial charge in [0.25, 0.3) is 10.1 Å². The fourth-order valence-electron chi connectivity index (χ4n) is 7.08. The monoisotopic (exact) mass is 918 g/mol. The van der Waals surface area contributed by atoms with Gasteiger partial charge in [0.1, 0.15) is 18.0 Å². The first-order valence-corrected chi connectivity index (χ1v) is 18.0. The second-order valence-corrected chi connectivity index (χ2v) is 15.9. The molecule has 0 amide bonds. The molecule has 1 aliphatic heterocycles. The van der Waals surface area contributed by atoms with Gasteiger partial charge >= 0.3 is 17.9 Å². The molecule has 1 heterocycles. The topological polar surface area (TPSA) is 133 Å². The summed E-state index contributed by atoms with van der Waals surface area (Å²) in [5.74, 6) is -3.85. The molecule has 6 rings (SSSR count). The van der Waals surface area contributed by atoms with E-state index in [4.69, 9.17) is 14.2 Å². The summed E-state index contributed by atoms with van der Waals surface area (Å²) < 4.78 is 54.0. The maximum absolute atomic E-state index is 13.6. The van der Waals surface area contributed by atoms with E-state index >= 15 is 0 Å². The number of hydrogen-bond acceptors (Lipinski definition) is 8. The van der Waals surface area contributed by atoms with Crippen LogP contribution < -0.4 is 4.74 Å². The summed E-state index contributed by atoms with van der Waals surface area (Å²) in [6.45, 7) is 0. The highest BCUT2D eigenvalue weighted by Crippen LogP contribution is 2.59. The lowest BCUT2D eigenvalue weighted by Gasteiger charge is -2.30. The Morgan fingerprint density at radius 1 is 0.951 bits per heavy atom. The van der Waals surface area contributed by atoms with Crippen molar-refractivity contribution in [1.29, 1.82) is 0 Å². The highest BCUT2D eigenvalue weighted by molar-refractivity contribution is 14.1. The maximum Gasteiger partial charge on any atom is 0.339 e. The first-order chi connectivity index (χ1) is 19.4. The average Bonchev–Trinajstić information content (AvgIpc) is 3.54. The lowest BCUT2D eigenvalue weighted by atomic mass is 9.78. The summed E-state index contributed by atoms with van der Waals surface area (Å²) in [5.41, 5.74) is 0.840. The van der Waals surface area contributed by atoms with Crippen molar-refractivity contribution in [2.45, 2.75) is 61.5 Å². The summed E-state index contributed by atoms with van der Waals surface area (Å²) in [6, 6.07) is 7.76. The smallest absolute Gasteiger partial charge is 0.339 e. The zero-order valence-corrected chi connectivity index (χ0v) is 28.7. The Kier molecular flexibility index (Phi) is 8.39. The third kappa shape index (κ3) is 5.54. The van der Waals surface area contributed by atoms with Crippen molar-refractivity contribution in [3.8, 4) is 5.75 Å². The molecule has 1 saturated heterocycles. The third-order valence-electron chi connectivity index (χ3n) is 8.81. The van der Waals surface area contributed by atoms with Crippen LogP contribution in [0.1, 0.15) is 60.4 Å². The molecule has 4 aliphatic rings. The number of carbonyl (C=O) groups excluding carboxylic acids is 3. The molecule has 9 nitrogen and oxygen atoms in total. The summed E-state index contributed by atoms with van der Waals surface area (Å²) >= 11 is 6.43. The highest BCUT2D eigenvalue weighted by Gasteiger charge is 2.70. The standard InChI is InChI=1S/C28H25I3O9S/c29-18-11-20(31)19(30)10-15(18)26(32)39-24-16-9-17-23(28(34)40-25(17)24)22(16)27(33)38-13-6-7-21(41(35,36)37)14(8-13)12-4-2-1-3-5-12/h6-8,10-12,16-17,22-25H,1-5,9H2,(H,35,36,37). The van der Waals surface area contributed by atoms with Gasteiger partial charge in [-0.15, -0.1) is 0 Å². The van der Waals surface area contributed by atoms with Crippen molar-refractivity contribution in [3.63, 3.8) is 0 Å².